The Hall–Kier alpha value is -2.99. The number of hydrogen-bond acceptors (Lipinski definition) is 5. The van der Waals surface area contributed by atoms with Crippen molar-refractivity contribution in [3.8, 4) is 17.1 Å². The summed E-state index contributed by atoms with van der Waals surface area (Å²) >= 11 is 1.50. The topological polar surface area (TPSA) is 52.3 Å². The van der Waals surface area contributed by atoms with Crippen molar-refractivity contribution in [3.63, 3.8) is 0 Å². The van der Waals surface area contributed by atoms with E-state index in [1.54, 1.807) is 11.6 Å². The second kappa shape index (κ2) is 6.49. The van der Waals surface area contributed by atoms with Gasteiger partial charge >= 0.3 is 0 Å². The number of ether oxygens (including phenoxy) is 1. The van der Waals surface area contributed by atoms with Crippen LogP contribution in [0.3, 0.4) is 0 Å². The molecule has 0 atom stereocenters. The van der Waals surface area contributed by atoms with Crippen LogP contribution in [-0.2, 0) is 0 Å². The van der Waals surface area contributed by atoms with Gasteiger partial charge in [-0.3, -0.25) is 0 Å². The maximum atomic E-state index is 5.37. The van der Waals surface area contributed by atoms with Gasteiger partial charge in [-0.15, -0.1) is 10.2 Å². The minimum Gasteiger partial charge on any atom is -0.496 e. The van der Waals surface area contributed by atoms with Crippen LogP contribution >= 0.6 is 11.3 Å². The zero-order valence-electron chi connectivity index (χ0n) is 13.9. The average molecular weight is 348 g/mol. The van der Waals surface area contributed by atoms with Crippen LogP contribution in [0.2, 0.25) is 0 Å². The molecule has 4 aromatic rings. The highest BCUT2D eigenvalue weighted by atomic mass is 32.1. The lowest BCUT2D eigenvalue weighted by atomic mass is 10.1. The Kier molecular flexibility index (Phi) is 4.03. The third-order valence-corrected chi connectivity index (χ3v) is 4.69. The smallest absolute Gasteiger partial charge is 0.235 e. The van der Waals surface area contributed by atoms with Crippen molar-refractivity contribution in [1.82, 2.24) is 19.8 Å². The summed E-state index contributed by atoms with van der Waals surface area (Å²) in [5.74, 6) is 1.59. The lowest BCUT2D eigenvalue weighted by Crippen LogP contribution is -1.91. The molecular weight excluding hydrogens is 332 g/mol. The Labute approximate surface area is 149 Å². The van der Waals surface area contributed by atoms with Gasteiger partial charge in [-0.2, -0.15) is 9.61 Å². The quantitative estimate of drug-likeness (QED) is 0.550. The molecule has 4 rings (SSSR count). The number of para-hydroxylation sites is 1. The fourth-order valence-corrected chi connectivity index (χ4v) is 3.37. The number of rotatable bonds is 4. The van der Waals surface area contributed by atoms with E-state index < -0.39 is 0 Å². The van der Waals surface area contributed by atoms with E-state index in [1.165, 1.54) is 16.9 Å². The molecule has 0 fully saturated rings. The number of nitrogens with zero attached hydrogens (tertiary/aromatic N) is 4. The molecule has 0 bridgehead atoms. The molecule has 0 spiro atoms. The lowest BCUT2D eigenvalue weighted by molar-refractivity contribution is 0.414. The first-order valence-corrected chi connectivity index (χ1v) is 8.66. The Morgan fingerprint density at radius 3 is 2.76 bits per heavy atom. The van der Waals surface area contributed by atoms with E-state index in [9.17, 15) is 0 Å². The van der Waals surface area contributed by atoms with E-state index >= 15 is 0 Å². The van der Waals surface area contributed by atoms with Crippen LogP contribution in [0.5, 0.6) is 5.75 Å². The summed E-state index contributed by atoms with van der Waals surface area (Å²) in [4.78, 5) is 0.774. The van der Waals surface area contributed by atoms with Gasteiger partial charge in [-0.25, -0.2) is 0 Å². The molecule has 0 amide bonds. The van der Waals surface area contributed by atoms with Gasteiger partial charge in [-0.05, 0) is 31.2 Å². The van der Waals surface area contributed by atoms with Gasteiger partial charge in [0.25, 0.3) is 0 Å². The molecule has 5 nitrogen and oxygen atoms in total. The minimum atomic E-state index is 0.756. The maximum absolute atomic E-state index is 5.37. The number of benzene rings is 2. The Morgan fingerprint density at radius 1 is 1.04 bits per heavy atom. The molecule has 0 saturated heterocycles. The average Bonchev–Trinajstić information content (AvgIpc) is 3.20. The molecule has 25 heavy (non-hydrogen) atoms. The van der Waals surface area contributed by atoms with Gasteiger partial charge in [0.15, 0.2) is 5.82 Å². The highest BCUT2D eigenvalue weighted by Crippen LogP contribution is 2.24. The number of aryl methyl sites for hydroxylation is 1. The number of methoxy groups -OCH3 is 1. The van der Waals surface area contributed by atoms with Crippen molar-refractivity contribution in [2.24, 2.45) is 0 Å². The van der Waals surface area contributed by atoms with Crippen molar-refractivity contribution >= 4 is 28.4 Å². The van der Waals surface area contributed by atoms with Crippen molar-refractivity contribution in [3.05, 3.63) is 64.7 Å². The van der Waals surface area contributed by atoms with Gasteiger partial charge in [0.2, 0.25) is 4.96 Å². The summed E-state index contributed by atoms with van der Waals surface area (Å²) in [5.41, 5.74) is 3.20. The van der Waals surface area contributed by atoms with Crippen LogP contribution < -0.4 is 4.74 Å². The summed E-state index contributed by atoms with van der Waals surface area (Å²) < 4.78 is 7.16. The number of aromatic nitrogens is 4. The molecule has 0 unspecified atom stereocenters. The standard InChI is InChI=1S/C19H16N4OS/c1-13-6-5-8-15(12-13)18-20-21-19-23(18)22-17(25-19)11-10-14-7-3-4-9-16(14)24-2/h3-12H,1-2H3/b11-10+. The highest BCUT2D eigenvalue weighted by molar-refractivity contribution is 7.17. The second-order valence-corrected chi connectivity index (χ2v) is 6.59. The Bertz CT molecular complexity index is 1060. The van der Waals surface area contributed by atoms with E-state index in [4.69, 9.17) is 4.74 Å². The summed E-state index contributed by atoms with van der Waals surface area (Å²) in [6.45, 7) is 2.06. The lowest BCUT2D eigenvalue weighted by Gasteiger charge is -2.02. The predicted octanol–water partition coefficient (Wildman–Crippen LogP) is 4.34. The van der Waals surface area contributed by atoms with Gasteiger partial charge in [-0.1, -0.05) is 53.3 Å². The van der Waals surface area contributed by atoms with Crippen molar-refractivity contribution in [2.45, 2.75) is 6.92 Å². The number of fused-ring (bicyclic) bond motifs is 1. The molecule has 6 heteroatoms. The van der Waals surface area contributed by atoms with Crippen LogP contribution in [-0.4, -0.2) is 26.9 Å². The SMILES string of the molecule is COc1ccccc1/C=C/c1nn2c(-c3cccc(C)c3)nnc2s1. The van der Waals surface area contributed by atoms with Crippen LogP contribution in [0.15, 0.2) is 48.5 Å². The van der Waals surface area contributed by atoms with Crippen molar-refractivity contribution < 1.29 is 4.74 Å². The first-order valence-electron chi connectivity index (χ1n) is 7.85. The van der Waals surface area contributed by atoms with Crippen molar-refractivity contribution in [2.75, 3.05) is 7.11 Å². The molecular formula is C19H16N4OS. The molecule has 0 aliphatic heterocycles. The molecule has 0 aliphatic rings. The molecule has 2 aromatic heterocycles. The molecule has 0 aliphatic carbocycles. The third-order valence-electron chi connectivity index (χ3n) is 3.83. The molecule has 2 heterocycles. The van der Waals surface area contributed by atoms with Crippen LogP contribution in [0, 0.1) is 6.92 Å². The van der Waals surface area contributed by atoms with E-state index in [0.717, 1.165) is 32.7 Å². The summed E-state index contributed by atoms with van der Waals surface area (Å²) in [5, 5.41) is 14.0. The monoisotopic (exact) mass is 348 g/mol. The highest BCUT2D eigenvalue weighted by Gasteiger charge is 2.12. The largest absolute Gasteiger partial charge is 0.496 e. The van der Waals surface area contributed by atoms with Gasteiger partial charge in [0.1, 0.15) is 10.8 Å². The molecule has 2 aromatic carbocycles. The molecule has 124 valence electrons. The second-order valence-electron chi connectivity index (χ2n) is 5.60. The number of hydrogen-bond donors (Lipinski definition) is 0. The zero-order valence-corrected chi connectivity index (χ0v) is 14.7. The van der Waals surface area contributed by atoms with Gasteiger partial charge in [0.05, 0.1) is 7.11 Å². The van der Waals surface area contributed by atoms with Gasteiger partial charge < -0.3 is 4.74 Å². The van der Waals surface area contributed by atoms with Crippen LogP contribution in [0.4, 0.5) is 0 Å². The fraction of sp³-hybridized carbons (Fsp3) is 0.105. The first-order chi connectivity index (χ1) is 12.2. The van der Waals surface area contributed by atoms with Crippen molar-refractivity contribution in [1.29, 1.82) is 0 Å². The summed E-state index contributed by atoms with van der Waals surface area (Å²) in [7, 11) is 1.67. The zero-order chi connectivity index (χ0) is 17.2. The molecule has 0 N–H and O–H groups in total. The van der Waals surface area contributed by atoms with E-state index in [1.807, 2.05) is 48.6 Å². The Morgan fingerprint density at radius 2 is 1.92 bits per heavy atom. The first kappa shape index (κ1) is 15.5. The minimum absolute atomic E-state index is 0.756. The fourth-order valence-electron chi connectivity index (χ4n) is 2.63. The third kappa shape index (κ3) is 3.04. The predicted molar refractivity (Wildman–Crippen MR) is 101 cm³/mol. The molecule has 0 radical (unpaired) electrons. The van der Waals surface area contributed by atoms with Crippen LogP contribution in [0.25, 0.3) is 28.5 Å². The van der Waals surface area contributed by atoms with E-state index in [-0.39, 0.29) is 0 Å². The normalized spacial score (nSPS) is 11.4. The van der Waals surface area contributed by atoms with E-state index in [2.05, 4.69) is 34.4 Å². The van der Waals surface area contributed by atoms with E-state index in [0.29, 0.717) is 0 Å². The summed E-state index contributed by atoms with van der Waals surface area (Å²) in [6, 6.07) is 16.1. The maximum Gasteiger partial charge on any atom is 0.235 e. The molecule has 0 saturated carbocycles. The van der Waals surface area contributed by atoms with Gasteiger partial charge in [0, 0.05) is 11.1 Å². The van der Waals surface area contributed by atoms with Crippen LogP contribution in [0.1, 0.15) is 16.1 Å². The summed E-state index contributed by atoms with van der Waals surface area (Å²) in [6.07, 6.45) is 3.97. The Balaban J connectivity index is 1.70.